The van der Waals surface area contributed by atoms with E-state index < -0.39 is 0 Å². The monoisotopic (exact) mass is 396 g/mol. The number of rotatable bonds is 5. The van der Waals surface area contributed by atoms with Gasteiger partial charge in [-0.1, -0.05) is 11.6 Å². The average Bonchev–Trinajstić information content (AvgIpc) is 3.16. The zero-order valence-corrected chi connectivity index (χ0v) is 15.5. The Balaban J connectivity index is 1.46. The SMILES string of the molecule is O=C(c1ccc(Cl)cc1)c1ccc(OCc2cc(=O)n3ccsc3n2)cc1. The maximum Gasteiger partial charge on any atom is 0.258 e. The zero-order valence-electron chi connectivity index (χ0n) is 14.0. The number of carbonyl (C=O) groups is 1. The van der Waals surface area contributed by atoms with Crippen LogP contribution in [-0.2, 0) is 6.61 Å². The van der Waals surface area contributed by atoms with E-state index in [9.17, 15) is 9.59 Å². The lowest BCUT2D eigenvalue weighted by atomic mass is 10.0. The van der Waals surface area contributed by atoms with Crippen LogP contribution in [0.1, 0.15) is 21.6 Å². The smallest absolute Gasteiger partial charge is 0.258 e. The predicted octanol–water partition coefficient (Wildman–Crippen LogP) is 4.22. The molecular formula is C20H13ClN2O3S. The third-order valence-corrected chi connectivity index (χ3v) is 4.97. The fourth-order valence-corrected chi connectivity index (χ4v) is 3.45. The van der Waals surface area contributed by atoms with Crippen LogP contribution in [0.4, 0.5) is 0 Å². The van der Waals surface area contributed by atoms with Gasteiger partial charge in [0.2, 0.25) is 0 Å². The first kappa shape index (κ1) is 17.5. The first-order chi connectivity index (χ1) is 13.1. The van der Waals surface area contributed by atoms with Crippen molar-refractivity contribution in [3.8, 4) is 5.75 Å². The van der Waals surface area contributed by atoms with Gasteiger partial charge < -0.3 is 4.74 Å². The highest BCUT2D eigenvalue weighted by molar-refractivity contribution is 7.15. The Morgan fingerprint density at radius 3 is 2.44 bits per heavy atom. The molecule has 5 nitrogen and oxygen atoms in total. The lowest BCUT2D eigenvalue weighted by Gasteiger charge is -2.07. The Morgan fingerprint density at radius 1 is 1.07 bits per heavy atom. The first-order valence-electron chi connectivity index (χ1n) is 8.09. The van der Waals surface area contributed by atoms with Gasteiger partial charge in [-0.15, -0.1) is 11.3 Å². The van der Waals surface area contributed by atoms with Gasteiger partial charge in [0, 0.05) is 33.8 Å². The number of ether oxygens (including phenoxy) is 1. The summed E-state index contributed by atoms with van der Waals surface area (Å²) in [4.78, 5) is 29.5. The summed E-state index contributed by atoms with van der Waals surface area (Å²) in [6, 6.07) is 15.1. The summed E-state index contributed by atoms with van der Waals surface area (Å²) in [5, 5.41) is 2.40. The Morgan fingerprint density at radius 2 is 1.74 bits per heavy atom. The van der Waals surface area contributed by atoms with Crippen LogP contribution < -0.4 is 10.3 Å². The van der Waals surface area contributed by atoms with Crippen LogP contribution in [0.25, 0.3) is 4.96 Å². The molecule has 0 bridgehead atoms. The maximum atomic E-state index is 12.5. The highest BCUT2D eigenvalue weighted by atomic mass is 35.5. The Hall–Kier alpha value is -2.96. The average molecular weight is 397 g/mol. The molecule has 2 aromatic heterocycles. The normalized spacial score (nSPS) is 10.9. The lowest BCUT2D eigenvalue weighted by molar-refractivity contribution is 0.103. The fourth-order valence-electron chi connectivity index (χ4n) is 2.59. The van der Waals surface area contributed by atoms with Crippen molar-refractivity contribution in [1.29, 1.82) is 0 Å². The molecule has 0 aliphatic heterocycles. The minimum absolute atomic E-state index is 0.0870. The molecule has 0 spiro atoms. The van der Waals surface area contributed by atoms with E-state index in [0.29, 0.717) is 32.6 Å². The lowest BCUT2D eigenvalue weighted by Crippen LogP contribution is -2.14. The van der Waals surface area contributed by atoms with Crippen molar-refractivity contribution in [2.24, 2.45) is 0 Å². The largest absolute Gasteiger partial charge is 0.487 e. The van der Waals surface area contributed by atoms with E-state index in [-0.39, 0.29) is 17.9 Å². The number of ketones is 1. The summed E-state index contributed by atoms with van der Waals surface area (Å²) in [5.74, 6) is 0.506. The number of carbonyl (C=O) groups excluding carboxylic acids is 1. The van der Waals surface area contributed by atoms with Gasteiger partial charge in [-0.25, -0.2) is 4.98 Å². The summed E-state index contributed by atoms with van der Waals surface area (Å²) in [7, 11) is 0. The Bertz CT molecular complexity index is 1160. The molecule has 134 valence electrons. The summed E-state index contributed by atoms with van der Waals surface area (Å²) in [5.41, 5.74) is 1.55. The second-order valence-electron chi connectivity index (χ2n) is 5.79. The van der Waals surface area contributed by atoms with E-state index >= 15 is 0 Å². The van der Waals surface area contributed by atoms with Crippen LogP contribution in [0.15, 0.2) is 71.0 Å². The second-order valence-corrected chi connectivity index (χ2v) is 7.10. The zero-order chi connectivity index (χ0) is 18.8. The van der Waals surface area contributed by atoms with E-state index in [1.807, 2.05) is 5.38 Å². The fraction of sp³-hybridized carbons (Fsp3) is 0.0500. The van der Waals surface area contributed by atoms with Gasteiger partial charge in [0.1, 0.15) is 12.4 Å². The van der Waals surface area contributed by atoms with Gasteiger partial charge in [-0.2, -0.15) is 0 Å². The molecule has 0 aliphatic carbocycles. The number of hydrogen-bond acceptors (Lipinski definition) is 5. The van der Waals surface area contributed by atoms with Crippen molar-refractivity contribution in [2.75, 3.05) is 0 Å². The molecule has 0 saturated carbocycles. The molecule has 0 N–H and O–H groups in total. The molecule has 0 saturated heterocycles. The van der Waals surface area contributed by atoms with Crippen LogP contribution >= 0.6 is 22.9 Å². The summed E-state index contributed by atoms with van der Waals surface area (Å²) in [6.07, 6.45) is 1.69. The molecule has 0 radical (unpaired) electrons. The van der Waals surface area contributed by atoms with Crippen molar-refractivity contribution in [3.63, 3.8) is 0 Å². The van der Waals surface area contributed by atoms with E-state index in [2.05, 4.69) is 4.98 Å². The number of fused-ring (bicyclic) bond motifs is 1. The molecule has 0 amide bonds. The van der Waals surface area contributed by atoms with Crippen LogP contribution in [0.2, 0.25) is 5.02 Å². The van der Waals surface area contributed by atoms with E-state index in [4.69, 9.17) is 16.3 Å². The molecule has 0 fully saturated rings. The number of thiazole rings is 1. The predicted molar refractivity (Wildman–Crippen MR) is 105 cm³/mol. The molecule has 2 aromatic carbocycles. The van der Waals surface area contributed by atoms with Crippen molar-refractivity contribution >= 4 is 33.7 Å². The summed E-state index contributed by atoms with van der Waals surface area (Å²) >= 11 is 7.24. The molecular weight excluding hydrogens is 384 g/mol. The topological polar surface area (TPSA) is 60.7 Å². The number of benzene rings is 2. The standard InChI is InChI=1S/C20H13ClN2O3S/c21-15-5-1-13(2-6-15)19(25)14-3-7-17(8-4-14)26-12-16-11-18(24)23-9-10-27-20(23)22-16/h1-11H,12H2. The molecule has 0 aliphatic rings. The molecule has 0 atom stereocenters. The maximum absolute atomic E-state index is 12.5. The number of hydrogen-bond donors (Lipinski definition) is 0. The highest BCUT2D eigenvalue weighted by Crippen LogP contribution is 2.18. The Labute approximate surface area is 163 Å². The third-order valence-electron chi connectivity index (χ3n) is 3.97. The molecule has 27 heavy (non-hydrogen) atoms. The van der Waals surface area contributed by atoms with E-state index in [1.54, 1.807) is 54.7 Å². The summed E-state index contributed by atoms with van der Waals surface area (Å²) in [6.45, 7) is 0.175. The van der Waals surface area contributed by atoms with Gasteiger partial charge in [-0.05, 0) is 48.5 Å². The number of aromatic nitrogens is 2. The highest BCUT2D eigenvalue weighted by Gasteiger charge is 2.09. The molecule has 2 heterocycles. The van der Waals surface area contributed by atoms with Crippen molar-refractivity contribution in [1.82, 2.24) is 9.38 Å². The van der Waals surface area contributed by atoms with Crippen LogP contribution in [-0.4, -0.2) is 15.2 Å². The molecule has 4 rings (SSSR count). The van der Waals surface area contributed by atoms with Gasteiger partial charge in [0.15, 0.2) is 10.7 Å². The van der Waals surface area contributed by atoms with Crippen molar-refractivity contribution < 1.29 is 9.53 Å². The van der Waals surface area contributed by atoms with E-state index in [1.165, 1.54) is 21.8 Å². The van der Waals surface area contributed by atoms with Crippen LogP contribution in [0, 0.1) is 0 Å². The van der Waals surface area contributed by atoms with Gasteiger partial charge >= 0.3 is 0 Å². The third kappa shape index (κ3) is 3.77. The number of nitrogens with zero attached hydrogens (tertiary/aromatic N) is 2. The van der Waals surface area contributed by atoms with Gasteiger partial charge in [-0.3, -0.25) is 14.0 Å². The van der Waals surface area contributed by atoms with Crippen molar-refractivity contribution in [3.05, 3.63) is 98.4 Å². The quantitative estimate of drug-likeness (QED) is 0.474. The minimum Gasteiger partial charge on any atom is -0.487 e. The van der Waals surface area contributed by atoms with Gasteiger partial charge in [0.05, 0.1) is 5.69 Å². The number of halogens is 1. The Kier molecular flexibility index (Phi) is 4.75. The van der Waals surface area contributed by atoms with E-state index in [0.717, 1.165) is 0 Å². The molecule has 4 aromatic rings. The minimum atomic E-state index is -0.135. The second kappa shape index (κ2) is 7.34. The van der Waals surface area contributed by atoms with Crippen LogP contribution in [0.3, 0.4) is 0 Å². The summed E-state index contributed by atoms with van der Waals surface area (Å²) < 4.78 is 7.19. The van der Waals surface area contributed by atoms with Crippen LogP contribution in [0.5, 0.6) is 5.75 Å². The first-order valence-corrected chi connectivity index (χ1v) is 9.35. The molecule has 0 unspecified atom stereocenters. The van der Waals surface area contributed by atoms with Gasteiger partial charge in [0.25, 0.3) is 5.56 Å². The van der Waals surface area contributed by atoms with Crippen molar-refractivity contribution in [2.45, 2.75) is 6.61 Å². The molecule has 7 heteroatoms.